The van der Waals surface area contributed by atoms with E-state index in [-0.39, 0.29) is 11.3 Å². The number of aromatic nitrogens is 2. The molecule has 4 nitrogen and oxygen atoms in total. The van der Waals surface area contributed by atoms with Crippen LogP contribution in [0.1, 0.15) is 12.5 Å². The molecule has 0 saturated carbocycles. The molecule has 0 amide bonds. The molecule has 0 saturated heterocycles. The number of rotatable bonds is 2. The standard InChI is InChI=1S/C16H14N2O2/c1-2-10-7-8-12(14(19)9-10)15-17-13-6-4-3-5-11(13)16(20)18-15/h3-9,19H,2H2,1H3,(H,17,18,20). The predicted octanol–water partition coefficient (Wildman–Crippen LogP) is 2.86. The van der Waals surface area contributed by atoms with Gasteiger partial charge in [0.2, 0.25) is 0 Å². The monoisotopic (exact) mass is 266 g/mol. The largest absolute Gasteiger partial charge is 0.507 e. The molecule has 2 N–H and O–H groups in total. The number of nitrogens with zero attached hydrogens (tertiary/aromatic N) is 1. The molecule has 1 aromatic heterocycles. The Kier molecular flexibility index (Phi) is 2.99. The smallest absolute Gasteiger partial charge is 0.259 e. The minimum Gasteiger partial charge on any atom is -0.507 e. The Labute approximate surface area is 115 Å². The van der Waals surface area contributed by atoms with E-state index < -0.39 is 0 Å². The fraction of sp³-hybridized carbons (Fsp3) is 0.125. The average molecular weight is 266 g/mol. The third-order valence-corrected chi connectivity index (χ3v) is 3.34. The lowest BCUT2D eigenvalue weighted by atomic mass is 10.1. The summed E-state index contributed by atoms with van der Waals surface area (Å²) < 4.78 is 0. The first kappa shape index (κ1) is 12.4. The topological polar surface area (TPSA) is 66.0 Å². The van der Waals surface area contributed by atoms with Crippen molar-refractivity contribution in [1.29, 1.82) is 0 Å². The summed E-state index contributed by atoms with van der Waals surface area (Å²) in [6.45, 7) is 2.02. The minimum atomic E-state index is -0.204. The van der Waals surface area contributed by atoms with E-state index in [1.807, 2.05) is 19.1 Å². The zero-order valence-corrected chi connectivity index (χ0v) is 11.1. The zero-order chi connectivity index (χ0) is 14.1. The zero-order valence-electron chi connectivity index (χ0n) is 11.1. The van der Waals surface area contributed by atoms with E-state index >= 15 is 0 Å². The molecule has 20 heavy (non-hydrogen) atoms. The number of benzene rings is 2. The second-order valence-electron chi connectivity index (χ2n) is 4.64. The molecular formula is C16H14N2O2. The molecule has 0 spiro atoms. The van der Waals surface area contributed by atoms with E-state index in [0.29, 0.717) is 22.3 Å². The van der Waals surface area contributed by atoms with E-state index in [0.717, 1.165) is 12.0 Å². The predicted molar refractivity (Wildman–Crippen MR) is 78.8 cm³/mol. The van der Waals surface area contributed by atoms with E-state index in [1.165, 1.54) is 0 Å². The Balaban J connectivity index is 2.22. The molecule has 0 aliphatic rings. The van der Waals surface area contributed by atoms with Gasteiger partial charge in [0, 0.05) is 0 Å². The molecule has 0 unspecified atom stereocenters. The Bertz CT molecular complexity index is 837. The number of H-pyrrole nitrogens is 1. The van der Waals surface area contributed by atoms with Crippen LogP contribution in [0.3, 0.4) is 0 Å². The second-order valence-corrected chi connectivity index (χ2v) is 4.64. The third kappa shape index (κ3) is 2.05. The van der Waals surface area contributed by atoms with E-state index in [4.69, 9.17) is 0 Å². The van der Waals surface area contributed by atoms with Crippen LogP contribution in [0.5, 0.6) is 5.75 Å². The first-order chi connectivity index (χ1) is 9.69. The second kappa shape index (κ2) is 4.81. The first-order valence-electron chi connectivity index (χ1n) is 6.50. The van der Waals surface area contributed by atoms with Crippen LogP contribution in [0.25, 0.3) is 22.3 Å². The van der Waals surface area contributed by atoms with E-state index in [2.05, 4.69) is 9.97 Å². The van der Waals surface area contributed by atoms with Crippen molar-refractivity contribution in [3.05, 3.63) is 58.4 Å². The summed E-state index contributed by atoms with van der Waals surface area (Å²) in [5, 5.41) is 10.6. The maximum atomic E-state index is 12.0. The molecule has 0 atom stereocenters. The molecule has 0 fully saturated rings. The summed E-state index contributed by atoms with van der Waals surface area (Å²) in [4.78, 5) is 19.2. The number of phenols is 1. The van der Waals surface area contributed by atoms with Gasteiger partial charge in [0.1, 0.15) is 11.6 Å². The number of aromatic amines is 1. The van der Waals surface area contributed by atoms with Crippen molar-refractivity contribution >= 4 is 10.9 Å². The van der Waals surface area contributed by atoms with Crippen LogP contribution in [0.2, 0.25) is 0 Å². The number of hydrogen-bond acceptors (Lipinski definition) is 3. The summed E-state index contributed by atoms with van der Waals surface area (Å²) in [6, 6.07) is 12.5. The van der Waals surface area contributed by atoms with Gasteiger partial charge in [-0.3, -0.25) is 4.79 Å². The minimum absolute atomic E-state index is 0.128. The summed E-state index contributed by atoms with van der Waals surface area (Å²) in [5.74, 6) is 0.511. The lowest BCUT2D eigenvalue weighted by molar-refractivity contribution is 0.476. The highest BCUT2D eigenvalue weighted by Crippen LogP contribution is 2.27. The molecule has 3 aromatic rings. The van der Waals surface area contributed by atoms with Crippen molar-refractivity contribution in [2.75, 3.05) is 0 Å². The van der Waals surface area contributed by atoms with E-state index in [9.17, 15) is 9.90 Å². The number of aromatic hydroxyl groups is 1. The number of para-hydroxylation sites is 1. The molecule has 0 bridgehead atoms. The van der Waals surface area contributed by atoms with Gasteiger partial charge in [-0.2, -0.15) is 0 Å². The normalized spacial score (nSPS) is 10.8. The van der Waals surface area contributed by atoms with E-state index in [1.54, 1.807) is 30.3 Å². The van der Waals surface area contributed by atoms with Gasteiger partial charge in [0.25, 0.3) is 5.56 Å². The van der Waals surface area contributed by atoms with Crippen molar-refractivity contribution in [3.8, 4) is 17.1 Å². The van der Waals surface area contributed by atoms with Crippen molar-refractivity contribution in [2.45, 2.75) is 13.3 Å². The van der Waals surface area contributed by atoms with Crippen molar-refractivity contribution in [1.82, 2.24) is 9.97 Å². The van der Waals surface area contributed by atoms with Gasteiger partial charge in [-0.25, -0.2) is 4.98 Å². The summed E-state index contributed by atoms with van der Waals surface area (Å²) >= 11 is 0. The molecule has 2 aromatic carbocycles. The Hall–Kier alpha value is -2.62. The SMILES string of the molecule is CCc1ccc(-c2nc3ccccc3c(=O)[nH]2)c(O)c1. The highest BCUT2D eigenvalue weighted by molar-refractivity contribution is 5.80. The highest BCUT2D eigenvalue weighted by Gasteiger charge is 2.09. The van der Waals surface area contributed by atoms with Gasteiger partial charge in [-0.05, 0) is 36.2 Å². The van der Waals surface area contributed by atoms with Gasteiger partial charge in [0.05, 0.1) is 16.5 Å². The molecular weight excluding hydrogens is 252 g/mol. The van der Waals surface area contributed by atoms with Gasteiger partial charge in [0.15, 0.2) is 0 Å². The van der Waals surface area contributed by atoms with Crippen LogP contribution >= 0.6 is 0 Å². The Morgan fingerprint density at radius 2 is 2.00 bits per heavy atom. The summed E-state index contributed by atoms with van der Waals surface area (Å²) in [7, 11) is 0. The molecule has 1 heterocycles. The lowest BCUT2D eigenvalue weighted by Gasteiger charge is -2.07. The van der Waals surface area contributed by atoms with Gasteiger partial charge >= 0.3 is 0 Å². The van der Waals surface area contributed by atoms with Crippen LogP contribution in [-0.2, 0) is 6.42 Å². The maximum Gasteiger partial charge on any atom is 0.259 e. The third-order valence-electron chi connectivity index (χ3n) is 3.34. The van der Waals surface area contributed by atoms with Crippen LogP contribution in [0, 0.1) is 0 Å². The van der Waals surface area contributed by atoms with Crippen molar-refractivity contribution in [2.24, 2.45) is 0 Å². The summed E-state index contributed by atoms with van der Waals surface area (Å²) in [6.07, 6.45) is 0.843. The molecule has 3 rings (SSSR count). The average Bonchev–Trinajstić information content (AvgIpc) is 2.47. The molecule has 0 radical (unpaired) electrons. The number of phenolic OH excluding ortho intramolecular Hbond substituents is 1. The van der Waals surface area contributed by atoms with Crippen LogP contribution in [0.15, 0.2) is 47.3 Å². The Morgan fingerprint density at radius 3 is 2.75 bits per heavy atom. The lowest BCUT2D eigenvalue weighted by Crippen LogP contribution is -2.09. The van der Waals surface area contributed by atoms with Crippen molar-refractivity contribution < 1.29 is 5.11 Å². The van der Waals surface area contributed by atoms with Gasteiger partial charge < -0.3 is 10.1 Å². The number of hydrogen-bond donors (Lipinski definition) is 2. The number of nitrogens with one attached hydrogen (secondary N) is 1. The number of aryl methyl sites for hydroxylation is 1. The molecule has 0 aliphatic carbocycles. The highest BCUT2D eigenvalue weighted by atomic mass is 16.3. The quantitative estimate of drug-likeness (QED) is 0.749. The summed E-state index contributed by atoms with van der Waals surface area (Å²) in [5.41, 5.74) is 1.98. The Morgan fingerprint density at radius 1 is 1.20 bits per heavy atom. The maximum absolute atomic E-state index is 12.0. The fourth-order valence-electron chi connectivity index (χ4n) is 2.21. The van der Waals surface area contributed by atoms with Crippen LogP contribution in [-0.4, -0.2) is 15.1 Å². The first-order valence-corrected chi connectivity index (χ1v) is 6.50. The fourth-order valence-corrected chi connectivity index (χ4v) is 2.21. The van der Waals surface area contributed by atoms with Crippen LogP contribution < -0.4 is 5.56 Å². The van der Waals surface area contributed by atoms with Crippen molar-refractivity contribution in [3.63, 3.8) is 0 Å². The van der Waals surface area contributed by atoms with Gasteiger partial charge in [-0.1, -0.05) is 25.1 Å². The molecule has 4 heteroatoms. The molecule has 100 valence electrons. The molecule has 0 aliphatic heterocycles. The number of fused-ring (bicyclic) bond motifs is 1. The van der Waals surface area contributed by atoms with Gasteiger partial charge in [-0.15, -0.1) is 0 Å². The van der Waals surface area contributed by atoms with Crippen LogP contribution in [0.4, 0.5) is 0 Å².